The zero-order chi connectivity index (χ0) is 18.7. The molecule has 1 atom stereocenters. The molecule has 0 N–H and O–H groups in total. The van der Waals surface area contributed by atoms with E-state index in [9.17, 15) is 9.59 Å². The molecule has 0 bridgehead atoms. The summed E-state index contributed by atoms with van der Waals surface area (Å²) in [5.41, 5.74) is 1.52. The van der Waals surface area contributed by atoms with Crippen molar-refractivity contribution in [3.63, 3.8) is 0 Å². The molecule has 0 saturated carbocycles. The van der Waals surface area contributed by atoms with E-state index in [4.69, 9.17) is 0 Å². The van der Waals surface area contributed by atoms with E-state index in [0.717, 1.165) is 5.56 Å². The summed E-state index contributed by atoms with van der Waals surface area (Å²) in [7, 11) is 1.71. The molecule has 0 spiro atoms. The molecule has 0 aliphatic rings. The maximum absolute atomic E-state index is 13.1. The van der Waals surface area contributed by atoms with Crippen molar-refractivity contribution >= 4 is 39.2 Å². The molecule has 1 unspecified atom stereocenters. The van der Waals surface area contributed by atoms with Gasteiger partial charge < -0.3 is 4.90 Å². The Hall–Kier alpha value is -2.12. The van der Waals surface area contributed by atoms with Gasteiger partial charge in [-0.25, -0.2) is 4.98 Å². The van der Waals surface area contributed by atoms with Gasteiger partial charge in [-0.05, 0) is 30.9 Å². The van der Waals surface area contributed by atoms with Crippen molar-refractivity contribution in [1.29, 1.82) is 0 Å². The highest BCUT2D eigenvalue weighted by Gasteiger charge is 2.27. The Morgan fingerprint density at radius 3 is 2.58 bits per heavy atom. The number of likely N-dealkylation sites (N-methyl/N-ethyl adjacent to an activating group) is 1. The molecule has 26 heavy (non-hydrogen) atoms. The third kappa shape index (κ3) is 3.54. The molecule has 1 aromatic carbocycles. The van der Waals surface area contributed by atoms with Gasteiger partial charge in [0.25, 0.3) is 5.56 Å². The lowest BCUT2D eigenvalue weighted by Crippen LogP contribution is -2.34. The van der Waals surface area contributed by atoms with Crippen LogP contribution >= 0.6 is 23.1 Å². The Bertz CT molecular complexity index is 962. The van der Waals surface area contributed by atoms with E-state index in [2.05, 4.69) is 4.98 Å². The molecule has 7 heteroatoms. The van der Waals surface area contributed by atoms with Crippen LogP contribution in [0.25, 0.3) is 10.2 Å². The highest BCUT2D eigenvalue weighted by molar-refractivity contribution is 8.00. The number of benzene rings is 1. The van der Waals surface area contributed by atoms with Gasteiger partial charge >= 0.3 is 0 Å². The normalized spacial score (nSPS) is 12.3. The van der Waals surface area contributed by atoms with Crippen molar-refractivity contribution in [1.82, 2.24) is 14.5 Å². The molecule has 136 valence electrons. The van der Waals surface area contributed by atoms with Gasteiger partial charge in [0.1, 0.15) is 9.95 Å². The van der Waals surface area contributed by atoms with Crippen LogP contribution in [-0.4, -0.2) is 33.4 Å². The first-order valence-corrected chi connectivity index (χ1v) is 10.3. The molecule has 0 fully saturated rings. The van der Waals surface area contributed by atoms with Gasteiger partial charge in [0, 0.05) is 20.1 Å². The van der Waals surface area contributed by atoms with Crippen molar-refractivity contribution < 1.29 is 4.79 Å². The molecule has 5 nitrogen and oxygen atoms in total. The number of hydrogen-bond acceptors (Lipinski definition) is 5. The van der Waals surface area contributed by atoms with E-state index < -0.39 is 5.25 Å². The highest BCUT2D eigenvalue weighted by atomic mass is 32.2. The smallest absolute Gasteiger partial charge is 0.271 e. The third-order valence-electron chi connectivity index (χ3n) is 4.27. The predicted octanol–water partition coefficient (Wildman–Crippen LogP) is 3.70. The van der Waals surface area contributed by atoms with Crippen molar-refractivity contribution in [2.45, 2.75) is 24.3 Å². The van der Waals surface area contributed by atoms with Gasteiger partial charge in [-0.2, -0.15) is 0 Å². The summed E-state index contributed by atoms with van der Waals surface area (Å²) in [6.07, 6.45) is 0. The van der Waals surface area contributed by atoms with Crippen LogP contribution in [-0.2, 0) is 11.8 Å². The summed E-state index contributed by atoms with van der Waals surface area (Å²) in [5.74, 6) is 0.0332. The average molecular weight is 388 g/mol. The molecule has 2 aromatic heterocycles. The second-order valence-corrected chi connectivity index (χ2v) is 7.80. The van der Waals surface area contributed by atoms with Crippen molar-refractivity contribution in [3.8, 4) is 0 Å². The van der Waals surface area contributed by atoms with Crippen molar-refractivity contribution in [2.24, 2.45) is 7.05 Å². The quantitative estimate of drug-likeness (QED) is 0.478. The number of aromatic nitrogens is 2. The lowest BCUT2D eigenvalue weighted by Gasteiger charge is -2.25. The minimum absolute atomic E-state index is 0.0332. The number of fused-ring (bicyclic) bond motifs is 1. The van der Waals surface area contributed by atoms with E-state index in [1.165, 1.54) is 27.7 Å². The molecule has 1 amide bonds. The first-order chi connectivity index (χ1) is 12.6. The highest BCUT2D eigenvalue weighted by Crippen LogP contribution is 2.36. The number of amides is 1. The van der Waals surface area contributed by atoms with Crippen molar-refractivity contribution in [2.75, 3.05) is 13.1 Å². The number of rotatable bonds is 6. The van der Waals surface area contributed by atoms with Gasteiger partial charge in [-0.1, -0.05) is 42.1 Å². The average Bonchev–Trinajstić information content (AvgIpc) is 3.13. The second kappa shape index (κ2) is 8.05. The summed E-state index contributed by atoms with van der Waals surface area (Å²) in [4.78, 5) is 32.1. The van der Waals surface area contributed by atoms with E-state index in [1.807, 2.05) is 60.5 Å². The minimum Gasteiger partial charge on any atom is -0.342 e. The number of carbonyl (C=O) groups is 1. The SMILES string of the molecule is CCN(CC)C(=O)C(Sc1nc2ccsc2c(=O)n1C)c1ccccc1. The molecule has 0 radical (unpaired) electrons. The van der Waals surface area contributed by atoms with E-state index in [0.29, 0.717) is 28.5 Å². The van der Waals surface area contributed by atoms with Crippen LogP contribution in [0.4, 0.5) is 0 Å². The van der Waals surface area contributed by atoms with E-state index in [1.54, 1.807) is 7.05 Å². The lowest BCUT2D eigenvalue weighted by atomic mass is 10.1. The monoisotopic (exact) mass is 387 g/mol. The van der Waals surface area contributed by atoms with Crippen LogP contribution in [0.3, 0.4) is 0 Å². The number of carbonyl (C=O) groups excluding carboxylic acids is 1. The summed E-state index contributed by atoms with van der Waals surface area (Å²) in [6.45, 7) is 5.24. The maximum Gasteiger partial charge on any atom is 0.271 e. The summed E-state index contributed by atoms with van der Waals surface area (Å²) >= 11 is 2.72. The molecule has 0 aliphatic carbocycles. The first-order valence-electron chi connectivity index (χ1n) is 8.51. The fourth-order valence-electron chi connectivity index (χ4n) is 2.77. The zero-order valence-electron chi connectivity index (χ0n) is 15.0. The number of thiophene rings is 1. The summed E-state index contributed by atoms with van der Waals surface area (Å²) in [6, 6.07) is 11.5. The van der Waals surface area contributed by atoms with Gasteiger partial charge in [-0.15, -0.1) is 11.3 Å². The zero-order valence-corrected chi connectivity index (χ0v) is 16.6. The Morgan fingerprint density at radius 2 is 1.92 bits per heavy atom. The fraction of sp³-hybridized carbons (Fsp3) is 0.316. The predicted molar refractivity (Wildman–Crippen MR) is 108 cm³/mol. The Balaban J connectivity index is 2.05. The standard InChI is InChI=1S/C19H21N3O2S2/c1-4-22(5-2)18(24)15(13-9-7-6-8-10-13)26-19-20-14-11-12-25-16(14)17(23)21(19)3/h6-12,15H,4-5H2,1-3H3. The van der Waals surface area contributed by atoms with Gasteiger partial charge in [0.2, 0.25) is 5.91 Å². The Morgan fingerprint density at radius 1 is 1.23 bits per heavy atom. The first kappa shape index (κ1) is 18.7. The number of hydrogen-bond donors (Lipinski definition) is 0. The van der Waals surface area contributed by atoms with E-state index >= 15 is 0 Å². The fourth-order valence-corrected chi connectivity index (χ4v) is 4.72. The van der Waals surface area contributed by atoms with Crippen LogP contribution in [0.1, 0.15) is 24.7 Å². The van der Waals surface area contributed by atoms with Crippen LogP contribution in [0.5, 0.6) is 0 Å². The molecule has 2 heterocycles. The Labute approximate surface area is 160 Å². The minimum atomic E-state index is -0.440. The topological polar surface area (TPSA) is 55.2 Å². The second-order valence-electron chi connectivity index (χ2n) is 5.81. The van der Waals surface area contributed by atoms with Crippen LogP contribution in [0.2, 0.25) is 0 Å². The molecular formula is C19H21N3O2S2. The van der Waals surface area contributed by atoms with Crippen molar-refractivity contribution in [3.05, 3.63) is 57.7 Å². The maximum atomic E-state index is 13.1. The lowest BCUT2D eigenvalue weighted by molar-refractivity contribution is -0.130. The number of nitrogens with zero attached hydrogens (tertiary/aromatic N) is 3. The number of thioether (sulfide) groups is 1. The molecule has 3 aromatic rings. The molecule has 0 saturated heterocycles. The van der Waals surface area contributed by atoms with E-state index in [-0.39, 0.29) is 11.5 Å². The van der Waals surface area contributed by atoms with Crippen LogP contribution < -0.4 is 5.56 Å². The molecule has 0 aliphatic heterocycles. The van der Waals surface area contributed by atoms with Gasteiger partial charge in [0.05, 0.1) is 5.52 Å². The Kier molecular flexibility index (Phi) is 5.78. The van der Waals surface area contributed by atoms with Gasteiger partial charge in [0.15, 0.2) is 5.16 Å². The third-order valence-corrected chi connectivity index (χ3v) is 6.45. The van der Waals surface area contributed by atoms with Crippen LogP contribution in [0.15, 0.2) is 51.7 Å². The molecular weight excluding hydrogens is 366 g/mol. The summed E-state index contributed by atoms with van der Waals surface area (Å²) in [5, 5.41) is 1.98. The van der Waals surface area contributed by atoms with Gasteiger partial charge in [-0.3, -0.25) is 14.2 Å². The van der Waals surface area contributed by atoms with Crippen LogP contribution in [0, 0.1) is 0 Å². The largest absolute Gasteiger partial charge is 0.342 e. The summed E-state index contributed by atoms with van der Waals surface area (Å²) < 4.78 is 2.18. The molecule has 3 rings (SSSR count).